The quantitative estimate of drug-likeness (QED) is 0.637. The Kier molecular flexibility index (Phi) is 15.3. The fraction of sp³-hybridized carbons (Fsp3) is 0.409. The van der Waals surface area contributed by atoms with E-state index in [4.69, 9.17) is 0 Å². The van der Waals surface area contributed by atoms with E-state index < -0.39 is 5.97 Å². The van der Waals surface area contributed by atoms with Gasteiger partial charge < -0.3 is 9.90 Å². The van der Waals surface area contributed by atoms with Crippen molar-refractivity contribution in [1.29, 1.82) is 0 Å². The zero-order valence-electron chi connectivity index (χ0n) is 16.3. The van der Waals surface area contributed by atoms with Crippen LogP contribution in [0.1, 0.15) is 51.4 Å². The summed E-state index contributed by atoms with van der Waals surface area (Å²) >= 11 is 0. The van der Waals surface area contributed by atoms with Gasteiger partial charge in [0, 0.05) is 5.97 Å². The van der Waals surface area contributed by atoms with Crippen LogP contribution in [0.15, 0.2) is 60.7 Å². The number of carbonyl (C=O) groups is 1. The van der Waals surface area contributed by atoms with E-state index in [1.165, 1.54) is 43.2 Å². The standard InChI is InChI=1S/C12H10.C10H18O2.Li.Na/c1-3-7-11(8-4-1)12-9-5-2-6-10-12;11-10(12)8-4-7-9-5-2-1-3-6-9;;/h1-10H;9H,1-8H2,(H,11,12);;/q;;2*+1/p-1. The molecule has 0 spiro atoms. The van der Waals surface area contributed by atoms with Crippen molar-refractivity contribution >= 4 is 5.97 Å². The third-order valence-corrected chi connectivity index (χ3v) is 4.60. The minimum absolute atomic E-state index is 0. The van der Waals surface area contributed by atoms with Gasteiger partial charge in [0.2, 0.25) is 0 Å². The van der Waals surface area contributed by atoms with E-state index in [-0.39, 0.29) is 54.8 Å². The normalized spacial score (nSPS) is 13.4. The number of carboxylic acid groups (broad SMARTS) is 1. The van der Waals surface area contributed by atoms with E-state index in [2.05, 4.69) is 48.5 Å². The molecular formula is C22H27LiNaO2+. The second-order valence-electron chi connectivity index (χ2n) is 6.50. The Morgan fingerprint density at radius 1 is 0.846 bits per heavy atom. The number of carbonyl (C=O) groups excluding carboxylic acids is 1. The van der Waals surface area contributed by atoms with E-state index in [9.17, 15) is 9.90 Å². The van der Waals surface area contributed by atoms with Gasteiger partial charge in [-0.15, -0.1) is 0 Å². The molecule has 0 atom stereocenters. The summed E-state index contributed by atoms with van der Waals surface area (Å²) in [6.07, 6.45) is 8.83. The van der Waals surface area contributed by atoms with Gasteiger partial charge in [0.25, 0.3) is 0 Å². The molecule has 0 amide bonds. The van der Waals surface area contributed by atoms with Gasteiger partial charge >= 0.3 is 48.4 Å². The number of rotatable bonds is 5. The van der Waals surface area contributed by atoms with Crippen molar-refractivity contribution < 1.29 is 58.3 Å². The predicted octanol–water partition coefficient (Wildman–Crippen LogP) is -1.15. The molecule has 0 N–H and O–H groups in total. The minimum atomic E-state index is -0.897. The molecule has 0 bridgehead atoms. The third-order valence-electron chi connectivity index (χ3n) is 4.60. The maximum Gasteiger partial charge on any atom is 1.00 e. The zero-order valence-corrected chi connectivity index (χ0v) is 18.3. The molecule has 0 radical (unpaired) electrons. The molecule has 1 aliphatic rings. The van der Waals surface area contributed by atoms with Crippen molar-refractivity contribution in [1.82, 2.24) is 0 Å². The van der Waals surface area contributed by atoms with Gasteiger partial charge in [0.05, 0.1) is 0 Å². The maximum atomic E-state index is 10.1. The Morgan fingerprint density at radius 3 is 1.73 bits per heavy atom. The van der Waals surface area contributed by atoms with Crippen molar-refractivity contribution in [2.45, 2.75) is 51.4 Å². The average molecular weight is 353 g/mol. The molecule has 2 aromatic carbocycles. The Bertz CT molecular complexity index is 546. The number of benzene rings is 2. The van der Waals surface area contributed by atoms with Crippen LogP contribution < -0.4 is 53.5 Å². The first kappa shape index (κ1) is 25.5. The molecule has 1 aliphatic carbocycles. The minimum Gasteiger partial charge on any atom is -0.550 e. The van der Waals surface area contributed by atoms with Crippen molar-refractivity contribution in [3.05, 3.63) is 60.7 Å². The predicted molar refractivity (Wildman–Crippen MR) is 97.3 cm³/mol. The summed E-state index contributed by atoms with van der Waals surface area (Å²) in [6, 6.07) is 20.8. The summed E-state index contributed by atoms with van der Waals surface area (Å²) in [7, 11) is 0. The molecule has 3 rings (SSSR count). The molecule has 0 heterocycles. The van der Waals surface area contributed by atoms with Crippen molar-refractivity contribution in [2.75, 3.05) is 0 Å². The SMILES string of the molecule is O=C([O-])CCCC1CCCCC1.[Li+].[Na+].c1ccc(-c2ccccc2)cc1. The van der Waals surface area contributed by atoms with Crippen LogP contribution in [0.4, 0.5) is 0 Å². The second kappa shape index (κ2) is 15.6. The van der Waals surface area contributed by atoms with Crippen LogP contribution in [0, 0.1) is 5.92 Å². The first-order chi connectivity index (χ1) is 11.8. The molecule has 0 aromatic heterocycles. The first-order valence-corrected chi connectivity index (χ1v) is 9.06. The van der Waals surface area contributed by atoms with Crippen LogP contribution in [-0.2, 0) is 4.79 Å². The molecular weight excluding hydrogens is 326 g/mol. The number of hydrogen-bond donors (Lipinski definition) is 0. The Morgan fingerprint density at radius 2 is 1.31 bits per heavy atom. The molecule has 128 valence electrons. The summed E-state index contributed by atoms with van der Waals surface area (Å²) in [4.78, 5) is 10.1. The zero-order chi connectivity index (χ0) is 17.0. The first-order valence-electron chi connectivity index (χ1n) is 9.06. The van der Waals surface area contributed by atoms with Crippen molar-refractivity contribution in [3.8, 4) is 11.1 Å². The summed E-state index contributed by atoms with van der Waals surface area (Å²) in [5.41, 5.74) is 2.55. The van der Waals surface area contributed by atoms with E-state index in [1.807, 2.05) is 12.1 Å². The smallest absolute Gasteiger partial charge is 0.550 e. The number of hydrogen-bond acceptors (Lipinski definition) is 2. The van der Waals surface area contributed by atoms with Crippen LogP contribution in [-0.4, -0.2) is 5.97 Å². The number of carboxylic acids is 1. The van der Waals surface area contributed by atoms with Crippen molar-refractivity contribution in [3.63, 3.8) is 0 Å². The van der Waals surface area contributed by atoms with Gasteiger partial charge in [0.1, 0.15) is 0 Å². The average Bonchev–Trinajstić information content (AvgIpc) is 2.64. The second-order valence-corrected chi connectivity index (χ2v) is 6.50. The largest absolute Gasteiger partial charge is 1.00 e. The van der Waals surface area contributed by atoms with Gasteiger partial charge in [-0.1, -0.05) is 99.2 Å². The van der Waals surface area contributed by atoms with Crippen LogP contribution in [0.5, 0.6) is 0 Å². The van der Waals surface area contributed by atoms with E-state index in [0.717, 1.165) is 18.8 Å². The van der Waals surface area contributed by atoms with Crippen LogP contribution >= 0.6 is 0 Å². The van der Waals surface area contributed by atoms with Gasteiger partial charge in [0.15, 0.2) is 0 Å². The molecule has 4 heteroatoms. The third kappa shape index (κ3) is 10.6. The van der Waals surface area contributed by atoms with Gasteiger partial charge in [-0.25, -0.2) is 0 Å². The van der Waals surface area contributed by atoms with Gasteiger partial charge in [-0.2, -0.15) is 0 Å². The molecule has 0 aliphatic heterocycles. The van der Waals surface area contributed by atoms with Gasteiger partial charge in [-0.3, -0.25) is 0 Å². The van der Waals surface area contributed by atoms with E-state index in [1.54, 1.807) is 0 Å². The van der Waals surface area contributed by atoms with E-state index >= 15 is 0 Å². The monoisotopic (exact) mass is 353 g/mol. The summed E-state index contributed by atoms with van der Waals surface area (Å²) in [5, 5.41) is 10.1. The van der Waals surface area contributed by atoms with Crippen LogP contribution in [0.3, 0.4) is 0 Å². The molecule has 1 fully saturated rings. The Labute approximate surface area is 192 Å². The summed E-state index contributed by atoms with van der Waals surface area (Å²) in [5.74, 6) is -0.0936. The van der Waals surface area contributed by atoms with Crippen molar-refractivity contribution in [2.24, 2.45) is 5.92 Å². The number of aliphatic carboxylic acids is 1. The molecule has 0 unspecified atom stereocenters. The molecule has 1 saturated carbocycles. The Hall–Kier alpha value is -0.493. The fourth-order valence-electron chi connectivity index (χ4n) is 3.27. The van der Waals surface area contributed by atoms with Gasteiger partial charge in [-0.05, 0) is 29.9 Å². The Balaban J connectivity index is 0.000000446. The topological polar surface area (TPSA) is 40.1 Å². The molecule has 0 saturated heterocycles. The molecule has 2 aromatic rings. The maximum absolute atomic E-state index is 10.1. The summed E-state index contributed by atoms with van der Waals surface area (Å²) < 4.78 is 0. The van der Waals surface area contributed by atoms with E-state index in [0.29, 0.717) is 0 Å². The molecule has 26 heavy (non-hydrogen) atoms. The molecule has 2 nitrogen and oxygen atoms in total. The fourth-order valence-corrected chi connectivity index (χ4v) is 3.27. The van der Waals surface area contributed by atoms with Crippen LogP contribution in [0.2, 0.25) is 0 Å². The van der Waals surface area contributed by atoms with Crippen LogP contribution in [0.25, 0.3) is 11.1 Å². The summed E-state index contributed by atoms with van der Waals surface area (Å²) in [6.45, 7) is 0.